The number of hydrogen-bond acceptors (Lipinski definition) is 5. The first kappa shape index (κ1) is 13.9. The SMILES string of the molecule is COCC(C)NC(=NC(C)c1nccs1)NN. The molecule has 4 N–H and O–H groups in total. The van der Waals surface area contributed by atoms with Gasteiger partial charge in [0.15, 0.2) is 0 Å². The fraction of sp³-hybridized carbons (Fsp3) is 0.600. The van der Waals surface area contributed by atoms with Gasteiger partial charge in [-0.15, -0.1) is 11.3 Å². The number of thiazole rings is 1. The fourth-order valence-corrected chi connectivity index (χ4v) is 1.96. The van der Waals surface area contributed by atoms with E-state index in [9.17, 15) is 0 Å². The molecule has 2 unspecified atom stereocenters. The third-order valence-corrected chi connectivity index (χ3v) is 3.01. The van der Waals surface area contributed by atoms with Crippen molar-refractivity contribution in [1.82, 2.24) is 15.7 Å². The number of nitrogens with two attached hydrogens (primary N) is 1. The van der Waals surface area contributed by atoms with E-state index >= 15 is 0 Å². The maximum atomic E-state index is 5.42. The minimum atomic E-state index is -0.0247. The van der Waals surface area contributed by atoms with Gasteiger partial charge in [-0.3, -0.25) is 5.43 Å². The molecule has 1 rings (SSSR count). The van der Waals surface area contributed by atoms with Crippen molar-refractivity contribution < 1.29 is 4.74 Å². The van der Waals surface area contributed by atoms with Gasteiger partial charge in [0.25, 0.3) is 0 Å². The number of ether oxygens (including phenoxy) is 1. The molecule has 0 saturated carbocycles. The van der Waals surface area contributed by atoms with Crippen LogP contribution in [0.25, 0.3) is 0 Å². The predicted octanol–water partition coefficient (Wildman–Crippen LogP) is 0.648. The van der Waals surface area contributed by atoms with Crippen molar-refractivity contribution in [3.63, 3.8) is 0 Å². The van der Waals surface area contributed by atoms with Gasteiger partial charge in [0.05, 0.1) is 6.61 Å². The van der Waals surface area contributed by atoms with Crippen LogP contribution in [0.1, 0.15) is 24.9 Å². The van der Waals surface area contributed by atoms with Crippen LogP contribution in [0.5, 0.6) is 0 Å². The summed E-state index contributed by atoms with van der Waals surface area (Å²) >= 11 is 1.57. The molecule has 1 heterocycles. The van der Waals surface area contributed by atoms with Crippen molar-refractivity contribution in [2.24, 2.45) is 10.8 Å². The Balaban J connectivity index is 2.60. The molecule has 0 spiro atoms. The zero-order valence-corrected chi connectivity index (χ0v) is 11.1. The van der Waals surface area contributed by atoms with E-state index in [1.54, 1.807) is 24.6 Å². The van der Waals surface area contributed by atoms with Crippen LogP contribution in [0.3, 0.4) is 0 Å². The number of hydrazine groups is 1. The molecule has 0 aliphatic carbocycles. The molecule has 1 aromatic rings. The Morgan fingerprint density at radius 3 is 2.94 bits per heavy atom. The highest BCUT2D eigenvalue weighted by Crippen LogP contribution is 2.18. The summed E-state index contributed by atoms with van der Waals surface area (Å²) in [4.78, 5) is 8.63. The molecular weight excluding hydrogens is 238 g/mol. The molecule has 0 bridgehead atoms. The van der Waals surface area contributed by atoms with Crippen LogP contribution >= 0.6 is 11.3 Å². The summed E-state index contributed by atoms with van der Waals surface area (Å²) in [5.74, 6) is 5.96. The molecule has 1 aromatic heterocycles. The van der Waals surface area contributed by atoms with E-state index in [2.05, 4.69) is 20.7 Å². The number of rotatable bonds is 5. The van der Waals surface area contributed by atoms with Crippen molar-refractivity contribution in [2.75, 3.05) is 13.7 Å². The summed E-state index contributed by atoms with van der Waals surface area (Å²) in [6.45, 7) is 4.55. The standard InChI is InChI=1S/C10H19N5OS/c1-7(6-16-3)13-10(15-11)14-8(2)9-12-4-5-17-9/h4-5,7-8H,6,11H2,1-3H3,(H2,13,14,15). The van der Waals surface area contributed by atoms with Gasteiger partial charge in [0.1, 0.15) is 11.0 Å². The van der Waals surface area contributed by atoms with Crippen LogP contribution in [-0.2, 0) is 4.74 Å². The van der Waals surface area contributed by atoms with E-state index < -0.39 is 0 Å². The number of nitrogens with one attached hydrogen (secondary N) is 2. The Morgan fingerprint density at radius 1 is 1.65 bits per heavy atom. The van der Waals surface area contributed by atoms with Gasteiger partial charge in [-0.1, -0.05) is 0 Å². The fourth-order valence-electron chi connectivity index (χ4n) is 1.33. The van der Waals surface area contributed by atoms with Crippen molar-refractivity contribution in [1.29, 1.82) is 0 Å². The normalized spacial score (nSPS) is 15.4. The number of nitrogens with zero attached hydrogens (tertiary/aromatic N) is 2. The highest BCUT2D eigenvalue weighted by molar-refractivity contribution is 7.09. The van der Waals surface area contributed by atoms with Crippen LogP contribution in [-0.4, -0.2) is 30.7 Å². The van der Waals surface area contributed by atoms with Crippen LogP contribution in [0.4, 0.5) is 0 Å². The lowest BCUT2D eigenvalue weighted by Gasteiger charge is -2.16. The second kappa shape index (κ2) is 7.21. The highest BCUT2D eigenvalue weighted by atomic mass is 32.1. The number of methoxy groups -OCH3 is 1. The van der Waals surface area contributed by atoms with Gasteiger partial charge in [-0.25, -0.2) is 15.8 Å². The van der Waals surface area contributed by atoms with E-state index in [0.717, 1.165) is 5.01 Å². The molecular formula is C10H19N5OS. The number of aliphatic imine (C=N–C) groups is 1. The molecule has 2 atom stereocenters. The second-order valence-electron chi connectivity index (χ2n) is 3.67. The van der Waals surface area contributed by atoms with E-state index in [0.29, 0.717) is 12.6 Å². The van der Waals surface area contributed by atoms with Gasteiger partial charge in [0, 0.05) is 24.7 Å². The highest BCUT2D eigenvalue weighted by Gasteiger charge is 2.09. The molecule has 0 saturated heterocycles. The lowest BCUT2D eigenvalue weighted by molar-refractivity contribution is 0.179. The Kier molecular flexibility index (Phi) is 5.88. The molecule has 0 aliphatic heterocycles. The lowest BCUT2D eigenvalue weighted by atomic mass is 10.3. The summed E-state index contributed by atoms with van der Waals surface area (Å²) in [5.41, 5.74) is 2.54. The third kappa shape index (κ3) is 4.68. The van der Waals surface area contributed by atoms with Gasteiger partial charge in [0.2, 0.25) is 5.96 Å². The van der Waals surface area contributed by atoms with Crippen LogP contribution < -0.4 is 16.6 Å². The van der Waals surface area contributed by atoms with Crippen LogP contribution in [0, 0.1) is 0 Å². The monoisotopic (exact) mass is 257 g/mol. The zero-order valence-electron chi connectivity index (χ0n) is 10.3. The number of guanidine groups is 1. The van der Waals surface area contributed by atoms with E-state index in [4.69, 9.17) is 10.6 Å². The smallest absolute Gasteiger partial charge is 0.206 e. The molecule has 7 heteroatoms. The summed E-state index contributed by atoms with van der Waals surface area (Å²) in [7, 11) is 1.66. The van der Waals surface area contributed by atoms with Gasteiger partial charge < -0.3 is 10.1 Å². The van der Waals surface area contributed by atoms with Crippen molar-refractivity contribution >= 4 is 17.3 Å². The third-order valence-electron chi connectivity index (χ3n) is 2.07. The molecule has 17 heavy (non-hydrogen) atoms. The summed E-state index contributed by atoms with van der Waals surface area (Å²) in [5, 5.41) is 6.01. The largest absolute Gasteiger partial charge is 0.383 e. The average Bonchev–Trinajstić information content (AvgIpc) is 2.81. The topological polar surface area (TPSA) is 84.6 Å². The predicted molar refractivity (Wildman–Crippen MR) is 69.8 cm³/mol. The maximum absolute atomic E-state index is 5.42. The Bertz CT molecular complexity index is 340. The molecule has 0 aliphatic rings. The van der Waals surface area contributed by atoms with Crippen LogP contribution in [0.15, 0.2) is 16.6 Å². The number of hydrogen-bond donors (Lipinski definition) is 3. The minimum Gasteiger partial charge on any atom is -0.383 e. The van der Waals surface area contributed by atoms with Gasteiger partial charge in [-0.2, -0.15) is 0 Å². The number of aromatic nitrogens is 1. The van der Waals surface area contributed by atoms with Gasteiger partial charge >= 0.3 is 0 Å². The van der Waals surface area contributed by atoms with Gasteiger partial charge in [-0.05, 0) is 13.8 Å². The summed E-state index contributed by atoms with van der Waals surface area (Å²) in [6.07, 6.45) is 1.77. The Hall–Kier alpha value is -1.18. The van der Waals surface area contributed by atoms with Crippen molar-refractivity contribution in [3.05, 3.63) is 16.6 Å². The lowest BCUT2D eigenvalue weighted by Crippen LogP contribution is -2.47. The zero-order chi connectivity index (χ0) is 12.7. The average molecular weight is 257 g/mol. The Labute approximate surface area is 105 Å². The van der Waals surface area contributed by atoms with Crippen molar-refractivity contribution in [3.8, 4) is 0 Å². The first-order valence-corrected chi connectivity index (χ1v) is 6.24. The molecule has 96 valence electrons. The summed E-state index contributed by atoms with van der Waals surface area (Å²) in [6, 6.07) is 0.113. The maximum Gasteiger partial charge on any atom is 0.206 e. The molecule has 0 aromatic carbocycles. The Morgan fingerprint density at radius 2 is 2.41 bits per heavy atom. The van der Waals surface area contributed by atoms with Crippen molar-refractivity contribution in [2.45, 2.75) is 25.9 Å². The minimum absolute atomic E-state index is 0.0247. The van der Waals surface area contributed by atoms with Crippen LogP contribution in [0.2, 0.25) is 0 Å². The van der Waals surface area contributed by atoms with E-state index in [1.165, 1.54) is 0 Å². The quantitative estimate of drug-likeness (QED) is 0.312. The summed E-state index contributed by atoms with van der Waals surface area (Å²) < 4.78 is 5.03. The van der Waals surface area contributed by atoms with E-state index in [1.807, 2.05) is 19.2 Å². The first-order chi connectivity index (χ1) is 8.17. The molecule has 0 amide bonds. The first-order valence-electron chi connectivity index (χ1n) is 5.36. The molecule has 6 nitrogen and oxygen atoms in total. The molecule has 0 fully saturated rings. The van der Waals surface area contributed by atoms with E-state index in [-0.39, 0.29) is 12.1 Å². The molecule has 0 radical (unpaired) electrons. The second-order valence-corrected chi connectivity index (χ2v) is 4.60.